The number of ketones is 1. The molecule has 5 rings (SSSR count). The highest BCUT2D eigenvalue weighted by Crippen LogP contribution is 2.43. The number of fused-ring (bicyclic) bond motifs is 1. The number of Topliss-reactive ketones (excluding diaryl/α,β-unsaturated/α-hetero) is 1. The number of nitrogens with zero attached hydrogens (tertiary/aromatic N) is 1. The van der Waals surface area contributed by atoms with Crippen LogP contribution in [-0.2, 0) is 16.1 Å². The molecule has 0 unspecified atom stereocenters. The van der Waals surface area contributed by atoms with Crippen LogP contribution in [0.2, 0.25) is 0 Å². The number of aliphatic hydroxyl groups is 1. The number of likely N-dealkylation sites (tertiary alicyclic amines) is 1. The van der Waals surface area contributed by atoms with Crippen LogP contribution in [-0.4, -0.2) is 48.1 Å². The maximum absolute atomic E-state index is 13.4. The zero-order valence-corrected chi connectivity index (χ0v) is 20.6. The largest absolute Gasteiger partial charge is 0.507 e. The van der Waals surface area contributed by atoms with E-state index in [0.29, 0.717) is 66.3 Å². The SMILES string of the molecule is CCOc1ccc([C@H]2C(=C(O)c3ccc4c(c3)OCCO4)C(=O)C(=O)N2Cc2ccco2)cc1OCC. The van der Waals surface area contributed by atoms with Gasteiger partial charge < -0.3 is 33.4 Å². The van der Waals surface area contributed by atoms with Crippen LogP contribution in [0.4, 0.5) is 0 Å². The van der Waals surface area contributed by atoms with E-state index in [-0.39, 0.29) is 17.9 Å². The first kappa shape index (κ1) is 24.3. The van der Waals surface area contributed by atoms with Gasteiger partial charge in [0.25, 0.3) is 11.7 Å². The van der Waals surface area contributed by atoms with E-state index in [4.69, 9.17) is 23.4 Å². The average molecular weight is 506 g/mol. The summed E-state index contributed by atoms with van der Waals surface area (Å²) in [6, 6.07) is 12.7. The third-order valence-electron chi connectivity index (χ3n) is 6.15. The molecule has 192 valence electrons. The van der Waals surface area contributed by atoms with Gasteiger partial charge in [-0.15, -0.1) is 0 Å². The highest BCUT2D eigenvalue weighted by molar-refractivity contribution is 6.46. The second kappa shape index (κ2) is 10.3. The molecule has 2 aromatic carbocycles. The van der Waals surface area contributed by atoms with Crippen LogP contribution in [0.25, 0.3) is 5.76 Å². The zero-order valence-electron chi connectivity index (χ0n) is 20.6. The predicted molar refractivity (Wildman–Crippen MR) is 133 cm³/mol. The highest BCUT2D eigenvalue weighted by Gasteiger charge is 2.46. The van der Waals surface area contributed by atoms with E-state index in [0.717, 1.165) is 0 Å². The Morgan fingerprint density at radius 3 is 2.46 bits per heavy atom. The van der Waals surface area contributed by atoms with Gasteiger partial charge in [0.1, 0.15) is 24.7 Å². The molecule has 3 aromatic rings. The van der Waals surface area contributed by atoms with E-state index >= 15 is 0 Å². The molecule has 0 saturated carbocycles. The molecule has 3 heterocycles. The fourth-order valence-corrected chi connectivity index (χ4v) is 4.54. The van der Waals surface area contributed by atoms with Crippen LogP contribution in [0.1, 0.15) is 36.8 Å². The van der Waals surface area contributed by atoms with Gasteiger partial charge in [-0.1, -0.05) is 6.07 Å². The van der Waals surface area contributed by atoms with Crippen molar-refractivity contribution in [2.24, 2.45) is 0 Å². The summed E-state index contributed by atoms with van der Waals surface area (Å²) < 4.78 is 28.1. The number of furan rings is 1. The van der Waals surface area contributed by atoms with E-state index in [2.05, 4.69) is 0 Å². The lowest BCUT2D eigenvalue weighted by Crippen LogP contribution is -2.29. The first-order valence-corrected chi connectivity index (χ1v) is 12.1. The summed E-state index contributed by atoms with van der Waals surface area (Å²) in [5.41, 5.74) is 0.873. The third kappa shape index (κ3) is 4.60. The number of carbonyl (C=O) groups is 2. The molecule has 2 aliphatic rings. The van der Waals surface area contributed by atoms with Crippen LogP contribution >= 0.6 is 0 Å². The second-order valence-corrected chi connectivity index (χ2v) is 8.44. The van der Waals surface area contributed by atoms with Gasteiger partial charge in [-0.2, -0.15) is 0 Å². The van der Waals surface area contributed by atoms with Gasteiger partial charge in [0.15, 0.2) is 23.0 Å². The van der Waals surface area contributed by atoms with E-state index in [1.165, 1.54) is 11.2 Å². The van der Waals surface area contributed by atoms with Crippen LogP contribution in [0.5, 0.6) is 23.0 Å². The van der Waals surface area contributed by atoms with Crippen LogP contribution < -0.4 is 18.9 Å². The molecular formula is C28H27NO8. The monoisotopic (exact) mass is 505 g/mol. The molecule has 9 heteroatoms. The Balaban J connectivity index is 1.64. The van der Waals surface area contributed by atoms with Crippen molar-refractivity contribution in [2.45, 2.75) is 26.4 Å². The standard InChI is InChI=1S/C28H27NO8/c1-3-33-20-9-7-17(14-22(20)34-4-2)25-24(27(31)28(32)29(25)16-19-6-5-11-35-19)26(30)18-8-10-21-23(15-18)37-13-12-36-21/h5-11,14-15,25,30H,3-4,12-13,16H2,1-2H3/t25-/m0/s1. The van der Waals surface area contributed by atoms with Gasteiger partial charge >= 0.3 is 0 Å². The number of ether oxygens (including phenoxy) is 4. The number of hydrogen-bond donors (Lipinski definition) is 1. The summed E-state index contributed by atoms with van der Waals surface area (Å²) in [7, 11) is 0. The molecule has 0 radical (unpaired) electrons. The van der Waals surface area contributed by atoms with Crippen molar-refractivity contribution in [3.8, 4) is 23.0 Å². The normalized spacial score (nSPS) is 18.2. The van der Waals surface area contributed by atoms with Crippen molar-refractivity contribution in [1.29, 1.82) is 0 Å². The summed E-state index contributed by atoms with van der Waals surface area (Å²) >= 11 is 0. The number of rotatable bonds is 8. The number of carbonyl (C=O) groups excluding carboxylic acids is 2. The molecule has 0 bridgehead atoms. The molecule has 1 fully saturated rings. The molecule has 1 atom stereocenters. The van der Waals surface area contributed by atoms with Gasteiger partial charge in [0.05, 0.1) is 37.6 Å². The molecule has 0 aliphatic carbocycles. The van der Waals surface area contributed by atoms with E-state index in [9.17, 15) is 14.7 Å². The summed E-state index contributed by atoms with van der Waals surface area (Å²) in [5, 5.41) is 11.4. The minimum Gasteiger partial charge on any atom is -0.507 e. The highest BCUT2D eigenvalue weighted by atomic mass is 16.6. The Morgan fingerprint density at radius 1 is 0.973 bits per heavy atom. The molecule has 1 saturated heterocycles. The van der Waals surface area contributed by atoms with E-state index in [1.54, 1.807) is 48.5 Å². The fourth-order valence-electron chi connectivity index (χ4n) is 4.54. The Hall–Kier alpha value is -4.40. The van der Waals surface area contributed by atoms with Gasteiger partial charge in [0.2, 0.25) is 0 Å². The van der Waals surface area contributed by atoms with Crippen LogP contribution in [0.3, 0.4) is 0 Å². The molecule has 1 N–H and O–H groups in total. The molecule has 1 aromatic heterocycles. The minimum absolute atomic E-state index is 0.0390. The molecule has 0 spiro atoms. The smallest absolute Gasteiger partial charge is 0.296 e. The molecule has 37 heavy (non-hydrogen) atoms. The number of amides is 1. The Morgan fingerprint density at radius 2 is 1.73 bits per heavy atom. The molecule has 1 amide bonds. The first-order valence-electron chi connectivity index (χ1n) is 12.1. The van der Waals surface area contributed by atoms with Crippen molar-refractivity contribution in [1.82, 2.24) is 4.90 Å². The van der Waals surface area contributed by atoms with Crippen molar-refractivity contribution in [2.75, 3.05) is 26.4 Å². The molecule has 2 aliphatic heterocycles. The summed E-state index contributed by atoms with van der Waals surface area (Å²) in [6.45, 7) is 5.40. The average Bonchev–Trinajstić information content (AvgIpc) is 3.52. The quantitative estimate of drug-likeness (QED) is 0.271. The summed E-state index contributed by atoms with van der Waals surface area (Å²) in [4.78, 5) is 28.0. The summed E-state index contributed by atoms with van der Waals surface area (Å²) in [6.07, 6.45) is 1.50. The third-order valence-corrected chi connectivity index (χ3v) is 6.15. The van der Waals surface area contributed by atoms with Crippen molar-refractivity contribution in [3.63, 3.8) is 0 Å². The van der Waals surface area contributed by atoms with Gasteiger partial charge in [-0.05, 0) is 61.9 Å². The van der Waals surface area contributed by atoms with Gasteiger partial charge in [0, 0.05) is 5.56 Å². The summed E-state index contributed by atoms with van der Waals surface area (Å²) in [5.74, 6) is 0.675. The second-order valence-electron chi connectivity index (χ2n) is 8.44. The molecule has 9 nitrogen and oxygen atoms in total. The lowest BCUT2D eigenvalue weighted by molar-refractivity contribution is -0.140. The number of benzene rings is 2. The van der Waals surface area contributed by atoms with Crippen LogP contribution in [0, 0.1) is 0 Å². The fraction of sp³-hybridized carbons (Fsp3) is 0.286. The minimum atomic E-state index is -0.895. The van der Waals surface area contributed by atoms with E-state index < -0.39 is 17.7 Å². The van der Waals surface area contributed by atoms with Gasteiger partial charge in [-0.3, -0.25) is 9.59 Å². The van der Waals surface area contributed by atoms with E-state index in [1.807, 2.05) is 13.8 Å². The lowest BCUT2D eigenvalue weighted by Gasteiger charge is -2.25. The Bertz CT molecular complexity index is 1340. The number of hydrogen-bond acceptors (Lipinski definition) is 8. The van der Waals surface area contributed by atoms with Crippen LogP contribution in [0.15, 0.2) is 64.8 Å². The first-order chi connectivity index (χ1) is 18.0. The molecular weight excluding hydrogens is 478 g/mol. The van der Waals surface area contributed by atoms with Crippen molar-refractivity contribution >= 4 is 17.4 Å². The number of aliphatic hydroxyl groups excluding tert-OH is 1. The Labute approximate surface area is 213 Å². The van der Waals surface area contributed by atoms with Crippen molar-refractivity contribution in [3.05, 3.63) is 77.3 Å². The Kier molecular flexibility index (Phi) is 6.76. The maximum atomic E-state index is 13.4. The van der Waals surface area contributed by atoms with Gasteiger partial charge in [-0.25, -0.2) is 0 Å². The zero-order chi connectivity index (χ0) is 25.9. The maximum Gasteiger partial charge on any atom is 0.296 e. The lowest BCUT2D eigenvalue weighted by atomic mass is 9.94. The predicted octanol–water partition coefficient (Wildman–Crippen LogP) is 4.47. The topological polar surface area (TPSA) is 108 Å². The van der Waals surface area contributed by atoms with Crippen molar-refractivity contribution < 1.29 is 38.1 Å².